The number of aryl methyl sites for hydroxylation is 2. The molecule has 34 heavy (non-hydrogen) atoms. The molecule has 0 aliphatic carbocycles. The highest BCUT2D eigenvalue weighted by Gasteiger charge is 2.31. The maximum absolute atomic E-state index is 13.6. The van der Waals surface area contributed by atoms with Crippen LogP contribution in [-0.2, 0) is 32.6 Å². The van der Waals surface area contributed by atoms with Gasteiger partial charge in [0.05, 0.1) is 11.9 Å². The maximum Gasteiger partial charge on any atom is 0.244 e. The minimum absolute atomic E-state index is 0.213. The van der Waals surface area contributed by atoms with E-state index in [0.717, 1.165) is 40.1 Å². The molecule has 0 aliphatic rings. The molecule has 2 aromatic carbocycles. The van der Waals surface area contributed by atoms with E-state index in [1.165, 1.54) is 4.90 Å². The Labute approximate surface area is 204 Å². The molecule has 0 heterocycles. The molecule has 8 heteroatoms. The fraction of sp³-hybridized carbons (Fsp3) is 0.462. The van der Waals surface area contributed by atoms with Crippen molar-refractivity contribution in [2.75, 3.05) is 23.7 Å². The molecule has 0 aromatic heterocycles. The quantitative estimate of drug-likeness (QED) is 0.495. The lowest BCUT2D eigenvalue weighted by atomic mass is 10.1. The van der Waals surface area contributed by atoms with Crippen molar-refractivity contribution in [1.82, 2.24) is 10.2 Å². The molecule has 0 aliphatic heterocycles. The van der Waals surface area contributed by atoms with E-state index >= 15 is 0 Å². The normalized spacial score (nSPS) is 12.1. The fourth-order valence-electron chi connectivity index (χ4n) is 3.80. The van der Waals surface area contributed by atoms with E-state index in [-0.39, 0.29) is 19.0 Å². The predicted octanol–water partition coefficient (Wildman–Crippen LogP) is 3.66. The second-order valence-electron chi connectivity index (χ2n) is 8.52. The largest absolute Gasteiger partial charge is 0.354 e. The van der Waals surface area contributed by atoms with Crippen molar-refractivity contribution in [3.8, 4) is 0 Å². The van der Waals surface area contributed by atoms with Crippen molar-refractivity contribution in [3.63, 3.8) is 0 Å². The van der Waals surface area contributed by atoms with Crippen LogP contribution in [0.1, 0.15) is 50.3 Å². The Bertz CT molecular complexity index is 1070. The molecule has 0 spiro atoms. The SMILES string of the molecule is CCCNC(=O)C(CC)N(Cc1cccc(C)c1)C(=O)CN(c1ccc(CC)cc1)S(C)(=O)=O. The van der Waals surface area contributed by atoms with Crippen LogP contribution in [0.2, 0.25) is 0 Å². The zero-order chi connectivity index (χ0) is 25.3. The van der Waals surface area contributed by atoms with Crippen LogP contribution in [0, 0.1) is 6.92 Å². The number of rotatable bonds is 12. The van der Waals surface area contributed by atoms with Gasteiger partial charge in [0.25, 0.3) is 0 Å². The van der Waals surface area contributed by atoms with E-state index in [9.17, 15) is 18.0 Å². The molecule has 186 valence electrons. The highest BCUT2D eigenvalue weighted by Crippen LogP contribution is 2.21. The van der Waals surface area contributed by atoms with Gasteiger partial charge in [0, 0.05) is 13.1 Å². The van der Waals surface area contributed by atoms with Crippen molar-refractivity contribution in [2.45, 2.75) is 59.5 Å². The van der Waals surface area contributed by atoms with Gasteiger partial charge in [-0.3, -0.25) is 13.9 Å². The van der Waals surface area contributed by atoms with Gasteiger partial charge >= 0.3 is 0 Å². The Morgan fingerprint density at radius 3 is 2.21 bits per heavy atom. The summed E-state index contributed by atoms with van der Waals surface area (Å²) in [5.41, 5.74) is 3.42. The summed E-state index contributed by atoms with van der Waals surface area (Å²) in [6.45, 7) is 8.14. The second kappa shape index (κ2) is 12.6. The van der Waals surface area contributed by atoms with Crippen molar-refractivity contribution < 1.29 is 18.0 Å². The second-order valence-corrected chi connectivity index (χ2v) is 10.4. The molecule has 2 aromatic rings. The van der Waals surface area contributed by atoms with E-state index in [4.69, 9.17) is 0 Å². The van der Waals surface area contributed by atoms with Gasteiger partial charge in [0.1, 0.15) is 12.6 Å². The average Bonchev–Trinajstić information content (AvgIpc) is 2.80. The predicted molar refractivity (Wildman–Crippen MR) is 137 cm³/mol. The number of hydrogen-bond donors (Lipinski definition) is 1. The van der Waals surface area contributed by atoms with Crippen molar-refractivity contribution in [1.29, 1.82) is 0 Å². The Morgan fingerprint density at radius 1 is 1.00 bits per heavy atom. The van der Waals surface area contributed by atoms with E-state index in [0.29, 0.717) is 18.7 Å². The third-order valence-electron chi connectivity index (χ3n) is 5.68. The number of carbonyl (C=O) groups is 2. The van der Waals surface area contributed by atoms with Crippen LogP contribution in [-0.4, -0.2) is 50.5 Å². The number of nitrogens with one attached hydrogen (secondary N) is 1. The van der Waals surface area contributed by atoms with Crippen molar-refractivity contribution >= 4 is 27.5 Å². The van der Waals surface area contributed by atoms with E-state index in [1.807, 2.05) is 64.1 Å². The van der Waals surface area contributed by atoms with Crippen LogP contribution in [0.25, 0.3) is 0 Å². The van der Waals surface area contributed by atoms with Crippen LogP contribution < -0.4 is 9.62 Å². The Hall–Kier alpha value is -2.87. The van der Waals surface area contributed by atoms with Gasteiger partial charge in [-0.05, 0) is 49.4 Å². The smallest absolute Gasteiger partial charge is 0.244 e. The lowest BCUT2D eigenvalue weighted by Gasteiger charge is -2.33. The van der Waals surface area contributed by atoms with Gasteiger partial charge in [0.15, 0.2) is 0 Å². The molecule has 7 nitrogen and oxygen atoms in total. The first-order valence-electron chi connectivity index (χ1n) is 11.8. The summed E-state index contributed by atoms with van der Waals surface area (Å²) in [7, 11) is -3.73. The molecule has 2 rings (SSSR count). The van der Waals surface area contributed by atoms with Crippen LogP contribution >= 0.6 is 0 Å². The molecule has 0 saturated carbocycles. The first kappa shape index (κ1) is 27.4. The Balaban J connectivity index is 2.41. The third kappa shape index (κ3) is 7.58. The first-order valence-corrected chi connectivity index (χ1v) is 13.6. The standard InChI is InChI=1S/C26H37N3O4S/c1-6-16-27-26(31)24(8-3)28(18-22-11-9-10-20(4)17-22)25(30)19-29(34(5,32)33)23-14-12-21(7-2)13-15-23/h9-15,17,24H,6-8,16,18-19H2,1-5H3,(H,27,31). The summed E-state index contributed by atoms with van der Waals surface area (Å²) in [4.78, 5) is 28.0. The molecule has 0 bridgehead atoms. The molecule has 1 unspecified atom stereocenters. The first-order chi connectivity index (χ1) is 16.1. The molecule has 1 N–H and O–H groups in total. The van der Waals surface area contributed by atoms with Crippen LogP contribution in [0.15, 0.2) is 48.5 Å². The van der Waals surface area contributed by atoms with Crippen molar-refractivity contribution in [2.24, 2.45) is 0 Å². The van der Waals surface area contributed by atoms with Crippen LogP contribution in [0.5, 0.6) is 0 Å². The molecule has 0 fully saturated rings. The highest BCUT2D eigenvalue weighted by molar-refractivity contribution is 7.92. The Morgan fingerprint density at radius 2 is 1.68 bits per heavy atom. The van der Waals surface area contributed by atoms with E-state index < -0.39 is 22.0 Å². The summed E-state index contributed by atoms with van der Waals surface area (Å²) in [6, 6.07) is 14.2. The summed E-state index contributed by atoms with van der Waals surface area (Å²) >= 11 is 0. The number of amides is 2. The minimum atomic E-state index is -3.73. The molecule has 1 atom stereocenters. The summed E-state index contributed by atoms with van der Waals surface area (Å²) in [5, 5.41) is 2.88. The van der Waals surface area contributed by atoms with Gasteiger partial charge in [-0.1, -0.05) is 62.7 Å². The van der Waals surface area contributed by atoms with E-state index in [1.54, 1.807) is 12.1 Å². The summed E-state index contributed by atoms with van der Waals surface area (Å²) in [5.74, 6) is -0.659. The van der Waals surface area contributed by atoms with Gasteiger partial charge in [-0.15, -0.1) is 0 Å². The summed E-state index contributed by atoms with van der Waals surface area (Å²) in [6.07, 6.45) is 3.11. The lowest BCUT2D eigenvalue weighted by Crippen LogP contribution is -2.52. The Kier molecular flexibility index (Phi) is 10.1. The molecular weight excluding hydrogens is 450 g/mol. The van der Waals surface area contributed by atoms with Gasteiger partial charge in [-0.25, -0.2) is 8.42 Å². The van der Waals surface area contributed by atoms with Crippen LogP contribution in [0.3, 0.4) is 0 Å². The third-order valence-corrected chi connectivity index (χ3v) is 6.82. The number of nitrogens with zero attached hydrogens (tertiary/aromatic N) is 2. The number of sulfonamides is 1. The van der Waals surface area contributed by atoms with Crippen LogP contribution in [0.4, 0.5) is 5.69 Å². The number of hydrogen-bond acceptors (Lipinski definition) is 4. The van der Waals surface area contributed by atoms with Gasteiger partial charge in [-0.2, -0.15) is 0 Å². The highest BCUT2D eigenvalue weighted by atomic mass is 32.2. The number of carbonyl (C=O) groups excluding carboxylic acids is 2. The van der Waals surface area contributed by atoms with E-state index in [2.05, 4.69) is 5.32 Å². The molecule has 0 radical (unpaired) electrons. The maximum atomic E-state index is 13.6. The average molecular weight is 488 g/mol. The summed E-state index contributed by atoms with van der Waals surface area (Å²) < 4.78 is 26.4. The fourth-order valence-corrected chi connectivity index (χ4v) is 4.65. The zero-order valence-electron chi connectivity index (χ0n) is 20.9. The zero-order valence-corrected chi connectivity index (χ0v) is 21.7. The minimum Gasteiger partial charge on any atom is -0.354 e. The molecule has 2 amide bonds. The monoisotopic (exact) mass is 487 g/mol. The topological polar surface area (TPSA) is 86.8 Å². The number of anilines is 1. The molecule has 0 saturated heterocycles. The van der Waals surface area contributed by atoms with Gasteiger partial charge in [0.2, 0.25) is 21.8 Å². The van der Waals surface area contributed by atoms with Gasteiger partial charge < -0.3 is 10.2 Å². The van der Waals surface area contributed by atoms with Crippen molar-refractivity contribution in [3.05, 3.63) is 65.2 Å². The molecular formula is C26H37N3O4S. The lowest BCUT2D eigenvalue weighted by molar-refractivity contribution is -0.140. The number of benzene rings is 2.